The number of methoxy groups -OCH3 is 1. The highest BCUT2D eigenvalue weighted by molar-refractivity contribution is 5.94. The van der Waals surface area contributed by atoms with Gasteiger partial charge in [0.25, 0.3) is 5.91 Å². The Kier molecular flexibility index (Phi) is 6.13. The van der Waals surface area contributed by atoms with Gasteiger partial charge in [0, 0.05) is 24.3 Å². The normalized spacial score (nSPS) is 11.8. The van der Waals surface area contributed by atoms with E-state index in [9.17, 15) is 14.7 Å². The first kappa shape index (κ1) is 22.1. The Labute approximate surface area is 191 Å². The number of hydrogen-bond donors (Lipinski definition) is 2. The lowest BCUT2D eigenvalue weighted by molar-refractivity contribution is -0.137. The SMILES string of the molecule is COc1ccc(C(=O)N[C@@H](CC(=O)O)c2ccc(C)cc2)nc1-c1ccc2ccn(C)c2c1. The fourth-order valence-electron chi connectivity index (χ4n) is 3.81. The number of pyridine rings is 1. The highest BCUT2D eigenvalue weighted by atomic mass is 16.5. The van der Waals surface area contributed by atoms with E-state index < -0.39 is 17.9 Å². The topological polar surface area (TPSA) is 93.4 Å². The standard InChI is InChI=1S/C26H25N3O4/c1-16-4-6-17(7-5-16)21(15-24(30)31)28-26(32)20-10-11-23(33-3)25(27-20)19-9-8-18-12-13-29(2)22(18)14-19/h4-14,21H,15H2,1-3H3,(H,28,32)(H,30,31)/t21-/m0/s1. The Balaban J connectivity index is 1.67. The van der Waals surface area contributed by atoms with Crippen molar-refractivity contribution in [1.82, 2.24) is 14.9 Å². The van der Waals surface area contributed by atoms with Crippen LogP contribution in [-0.2, 0) is 11.8 Å². The molecule has 0 aliphatic rings. The van der Waals surface area contributed by atoms with Crippen LogP contribution in [0.2, 0.25) is 0 Å². The Morgan fingerprint density at radius 1 is 1.09 bits per heavy atom. The molecule has 2 heterocycles. The summed E-state index contributed by atoms with van der Waals surface area (Å²) in [7, 11) is 3.52. The molecule has 0 spiro atoms. The van der Waals surface area contributed by atoms with Gasteiger partial charge in [-0.25, -0.2) is 4.98 Å². The summed E-state index contributed by atoms with van der Waals surface area (Å²) < 4.78 is 7.51. The van der Waals surface area contributed by atoms with Crippen LogP contribution in [0.1, 0.15) is 34.1 Å². The van der Waals surface area contributed by atoms with Gasteiger partial charge in [-0.05, 0) is 42.1 Å². The summed E-state index contributed by atoms with van der Waals surface area (Å²) in [5, 5.41) is 13.3. The van der Waals surface area contributed by atoms with Crippen LogP contribution < -0.4 is 10.1 Å². The van der Waals surface area contributed by atoms with Gasteiger partial charge in [-0.1, -0.05) is 42.0 Å². The fourth-order valence-corrected chi connectivity index (χ4v) is 3.81. The van der Waals surface area contributed by atoms with Gasteiger partial charge in [0.15, 0.2) is 0 Å². The highest BCUT2D eigenvalue weighted by Crippen LogP contribution is 2.31. The molecule has 1 amide bonds. The van der Waals surface area contributed by atoms with Crippen LogP contribution in [0.4, 0.5) is 0 Å². The number of nitrogens with zero attached hydrogens (tertiary/aromatic N) is 2. The maximum atomic E-state index is 13.1. The molecule has 2 aromatic carbocycles. The number of aromatic nitrogens is 2. The maximum absolute atomic E-state index is 13.1. The zero-order valence-corrected chi connectivity index (χ0v) is 18.7. The first-order valence-electron chi connectivity index (χ1n) is 10.6. The van der Waals surface area contributed by atoms with Crippen molar-refractivity contribution < 1.29 is 19.4 Å². The van der Waals surface area contributed by atoms with E-state index in [-0.39, 0.29) is 12.1 Å². The van der Waals surface area contributed by atoms with E-state index in [0.717, 1.165) is 27.6 Å². The number of hydrogen-bond acceptors (Lipinski definition) is 4. The number of aliphatic carboxylic acids is 1. The van der Waals surface area contributed by atoms with Crippen molar-refractivity contribution in [2.75, 3.05) is 7.11 Å². The summed E-state index contributed by atoms with van der Waals surface area (Å²) in [6.07, 6.45) is 1.75. The van der Waals surface area contributed by atoms with Crippen LogP contribution in [-0.4, -0.2) is 33.6 Å². The molecule has 4 aromatic rings. The van der Waals surface area contributed by atoms with Crippen molar-refractivity contribution in [2.45, 2.75) is 19.4 Å². The molecule has 0 radical (unpaired) electrons. The minimum Gasteiger partial charge on any atom is -0.494 e. The fraction of sp³-hybridized carbons (Fsp3) is 0.192. The molecule has 168 valence electrons. The van der Waals surface area contributed by atoms with E-state index in [1.165, 1.54) is 0 Å². The lowest BCUT2D eigenvalue weighted by Crippen LogP contribution is -2.30. The van der Waals surface area contributed by atoms with Gasteiger partial charge in [-0.3, -0.25) is 9.59 Å². The van der Waals surface area contributed by atoms with E-state index in [0.29, 0.717) is 11.4 Å². The number of amides is 1. The van der Waals surface area contributed by atoms with Gasteiger partial charge >= 0.3 is 5.97 Å². The first-order valence-corrected chi connectivity index (χ1v) is 10.6. The molecule has 33 heavy (non-hydrogen) atoms. The average Bonchev–Trinajstić information content (AvgIpc) is 3.18. The van der Waals surface area contributed by atoms with Crippen LogP contribution in [0.25, 0.3) is 22.2 Å². The molecule has 0 aliphatic carbocycles. The number of ether oxygens (including phenoxy) is 1. The number of carbonyl (C=O) groups is 2. The Morgan fingerprint density at radius 3 is 2.55 bits per heavy atom. The minimum absolute atomic E-state index is 0.181. The molecule has 2 aromatic heterocycles. The molecule has 0 bridgehead atoms. The molecule has 4 rings (SSSR count). The number of fused-ring (bicyclic) bond motifs is 1. The number of carboxylic acids is 1. The summed E-state index contributed by atoms with van der Waals surface area (Å²) in [5.41, 5.74) is 4.34. The van der Waals surface area contributed by atoms with Gasteiger partial charge in [0.1, 0.15) is 17.1 Å². The summed E-state index contributed by atoms with van der Waals surface area (Å²) in [5.74, 6) is -0.911. The Morgan fingerprint density at radius 2 is 1.85 bits per heavy atom. The lowest BCUT2D eigenvalue weighted by Gasteiger charge is -2.18. The lowest BCUT2D eigenvalue weighted by atomic mass is 10.0. The second-order valence-corrected chi connectivity index (χ2v) is 7.98. The predicted octanol–water partition coefficient (Wildman–Crippen LogP) is 4.50. The van der Waals surface area contributed by atoms with Crippen LogP contribution in [0.5, 0.6) is 5.75 Å². The second kappa shape index (κ2) is 9.16. The number of carbonyl (C=O) groups excluding carboxylic acids is 1. The van der Waals surface area contributed by atoms with Gasteiger partial charge < -0.3 is 19.7 Å². The van der Waals surface area contributed by atoms with Crippen molar-refractivity contribution in [3.05, 3.63) is 83.7 Å². The first-order chi connectivity index (χ1) is 15.9. The number of nitrogens with one attached hydrogen (secondary N) is 1. The van der Waals surface area contributed by atoms with Gasteiger partial charge in [-0.2, -0.15) is 0 Å². The summed E-state index contributed by atoms with van der Waals surface area (Å²) >= 11 is 0. The number of benzene rings is 2. The largest absolute Gasteiger partial charge is 0.494 e. The van der Waals surface area contributed by atoms with Crippen molar-refractivity contribution in [3.63, 3.8) is 0 Å². The molecule has 2 N–H and O–H groups in total. The zero-order chi connectivity index (χ0) is 23.5. The maximum Gasteiger partial charge on any atom is 0.305 e. The number of carboxylic acid groups (broad SMARTS) is 1. The molecule has 1 atom stereocenters. The third-order valence-electron chi connectivity index (χ3n) is 5.64. The van der Waals surface area contributed by atoms with Crippen molar-refractivity contribution in [1.29, 1.82) is 0 Å². The van der Waals surface area contributed by atoms with E-state index in [2.05, 4.69) is 10.3 Å². The Bertz CT molecular complexity index is 1330. The van der Waals surface area contributed by atoms with Crippen LogP contribution in [0.15, 0.2) is 66.9 Å². The quantitative estimate of drug-likeness (QED) is 0.439. The van der Waals surface area contributed by atoms with E-state index >= 15 is 0 Å². The average molecular weight is 444 g/mol. The van der Waals surface area contributed by atoms with Crippen LogP contribution in [0.3, 0.4) is 0 Å². The summed E-state index contributed by atoms with van der Waals surface area (Å²) in [6.45, 7) is 1.95. The molecule has 0 fully saturated rings. The predicted molar refractivity (Wildman–Crippen MR) is 126 cm³/mol. The minimum atomic E-state index is -1.000. The molecule has 0 saturated carbocycles. The van der Waals surface area contributed by atoms with Crippen LogP contribution >= 0.6 is 0 Å². The monoisotopic (exact) mass is 443 g/mol. The van der Waals surface area contributed by atoms with E-state index in [4.69, 9.17) is 4.74 Å². The number of aryl methyl sites for hydroxylation is 2. The van der Waals surface area contributed by atoms with E-state index in [1.54, 1.807) is 19.2 Å². The molecule has 0 aliphatic heterocycles. The molecule has 7 nitrogen and oxygen atoms in total. The molecule has 0 unspecified atom stereocenters. The van der Waals surface area contributed by atoms with Crippen molar-refractivity contribution in [3.8, 4) is 17.0 Å². The smallest absolute Gasteiger partial charge is 0.305 e. The van der Waals surface area contributed by atoms with Gasteiger partial charge in [0.2, 0.25) is 0 Å². The van der Waals surface area contributed by atoms with E-state index in [1.807, 2.05) is 73.3 Å². The Hall–Kier alpha value is -4.13. The van der Waals surface area contributed by atoms with Crippen molar-refractivity contribution >= 4 is 22.8 Å². The van der Waals surface area contributed by atoms with Gasteiger partial charge in [0.05, 0.1) is 19.6 Å². The third-order valence-corrected chi connectivity index (χ3v) is 5.64. The zero-order valence-electron chi connectivity index (χ0n) is 18.7. The van der Waals surface area contributed by atoms with Crippen molar-refractivity contribution in [2.24, 2.45) is 7.05 Å². The van der Waals surface area contributed by atoms with Crippen LogP contribution in [0, 0.1) is 6.92 Å². The summed E-state index contributed by atoms with van der Waals surface area (Å²) in [4.78, 5) is 29.1. The molecular formula is C26H25N3O4. The molecule has 0 saturated heterocycles. The second-order valence-electron chi connectivity index (χ2n) is 7.98. The third kappa shape index (κ3) is 4.72. The number of rotatable bonds is 7. The highest BCUT2D eigenvalue weighted by Gasteiger charge is 2.21. The van der Waals surface area contributed by atoms with Gasteiger partial charge in [-0.15, -0.1) is 0 Å². The summed E-state index contributed by atoms with van der Waals surface area (Å²) in [6, 6.07) is 18.0. The molecular weight excluding hydrogens is 418 g/mol. The molecule has 7 heteroatoms.